The molecular weight excluding hydrogens is 305 g/mol. The maximum absolute atomic E-state index is 13.5. The van der Waals surface area contributed by atoms with Gasteiger partial charge in [0.1, 0.15) is 5.82 Å². The molecule has 0 radical (unpaired) electrons. The van der Waals surface area contributed by atoms with Crippen LogP contribution in [0.2, 0.25) is 0 Å². The molecule has 1 nitrogen and oxygen atoms in total. The molecule has 1 atom stereocenters. The third-order valence-corrected chi connectivity index (χ3v) is 3.69. The van der Waals surface area contributed by atoms with Crippen LogP contribution in [0, 0.1) is 12.7 Å². The molecule has 1 N–H and O–H groups in total. The Morgan fingerprint density at radius 1 is 1.16 bits per heavy atom. The Balaban J connectivity index is 2.44. The molecule has 2 aromatic carbocycles. The quantitative estimate of drug-likeness (QED) is 0.868. The number of rotatable bonds is 4. The second-order valence-corrected chi connectivity index (χ2v) is 5.46. The van der Waals surface area contributed by atoms with E-state index < -0.39 is 0 Å². The van der Waals surface area contributed by atoms with E-state index in [1.54, 1.807) is 6.07 Å². The average Bonchev–Trinajstić information content (AvgIpc) is 2.40. The topological polar surface area (TPSA) is 12.0 Å². The third kappa shape index (κ3) is 3.43. The second kappa shape index (κ2) is 6.31. The molecule has 0 aliphatic carbocycles. The van der Waals surface area contributed by atoms with E-state index in [9.17, 15) is 4.39 Å². The van der Waals surface area contributed by atoms with Crippen LogP contribution in [0.1, 0.15) is 29.7 Å². The predicted molar refractivity (Wildman–Crippen MR) is 80.8 cm³/mol. The summed E-state index contributed by atoms with van der Waals surface area (Å²) in [7, 11) is 0. The first kappa shape index (κ1) is 14.2. The van der Waals surface area contributed by atoms with Crippen LogP contribution in [-0.2, 0) is 0 Å². The number of hydrogen-bond acceptors (Lipinski definition) is 1. The van der Waals surface area contributed by atoms with Crippen LogP contribution in [-0.4, -0.2) is 6.54 Å². The van der Waals surface area contributed by atoms with E-state index in [4.69, 9.17) is 0 Å². The van der Waals surface area contributed by atoms with Crippen molar-refractivity contribution < 1.29 is 4.39 Å². The predicted octanol–water partition coefficient (Wildman–Crippen LogP) is 4.60. The first-order valence-corrected chi connectivity index (χ1v) is 7.16. The van der Waals surface area contributed by atoms with Crippen LogP contribution < -0.4 is 5.32 Å². The van der Waals surface area contributed by atoms with Gasteiger partial charge < -0.3 is 5.32 Å². The summed E-state index contributed by atoms with van der Waals surface area (Å²) < 4.78 is 14.5. The van der Waals surface area contributed by atoms with Crippen molar-refractivity contribution in [2.24, 2.45) is 0 Å². The van der Waals surface area contributed by atoms with Gasteiger partial charge in [-0.3, -0.25) is 0 Å². The first-order chi connectivity index (χ1) is 9.11. The van der Waals surface area contributed by atoms with Crippen LogP contribution in [0.25, 0.3) is 0 Å². The van der Waals surface area contributed by atoms with Gasteiger partial charge in [0.2, 0.25) is 0 Å². The van der Waals surface area contributed by atoms with Crippen molar-refractivity contribution in [1.29, 1.82) is 0 Å². The Morgan fingerprint density at radius 2 is 1.84 bits per heavy atom. The zero-order valence-electron chi connectivity index (χ0n) is 11.1. The summed E-state index contributed by atoms with van der Waals surface area (Å²) in [6.45, 7) is 4.90. The van der Waals surface area contributed by atoms with Crippen molar-refractivity contribution in [2.75, 3.05) is 6.54 Å². The molecule has 0 fully saturated rings. The maximum Gasteiger partial charge on any atom is 0.123 e. The molecule has 0 amide bonds. The fraction of sp³-hybridized carbons (Fsp3) is 0.250. The summed E-state index contributed by atoms with van der Waals surface area (Å²) in [5, 5.41) is 3.42. The molecule has 0 saturated carbocycles. The maximum atomic E-state index is 13.5. The summed E-state index contributed by atoms with van der Waals surface area (Å²) in [4.78, 5) is 0. The number of aryl methyl sites for hydroxylation is 1. The lowest BCUT2D eigenvalue weighted by atomic mass is 9.95. The van der Waals surface area contributed by atoms with Crippen molar-refractivity contribution in [1.82, 2.24) is 5.32 Å². The summed E-state index contributed by atoms with van der Waals surface area (Å²) >= 11 is 3.44. The number of hydrogen-bond donors (Lipinski definition) is 1. The zero-order chi connectivity index (χ0) is 13.8. The Hall–Kier alpha value is -1.19. The second-order valence-electron chi connectivity index (χ2n) is 4.54. The Bertz CT molecular complexity index is 551. The summed E-state index contributed by atoms with van der Waals surface area (Å²) in [5.41, 5.74) is 3.22. The van der Waals surface area contributed by atoms with Crippen molar-refractivity contribution in [3.8, 4) is 0 Å². The fourth-order valence-corrected chi connectivity index (χ4v) is 2.45. The fourth-order valence-electron chi connectivity index (χ4n) is 2.19. The molecule has 0 aliphatic rings. The smallest absolute Gasteiger partial charge is 0.123 e. The molecule has 0 bridgehead atoms. The molecule has 0 spiro atoms. The summed E-state index contributed by atoms with van der Waals surface area (Å²) in [5.74, 6) is -0.194. The van der Waals surface area contributed by atoms with Gasteiger partial charge in [-0.25, -0.2) is 4.39 Å². The highest BCUT2D eigenvalue weighted by Crippen LogP contribution is 2.26. The van der Waals surface area contributed by atoms with Gasteiger partial charge in [0.25, 0.3) is 0 Å². The number of halogens is 2. The van der Waals surface area contributed by atoms with Gasteiger partial charge in [-0.1, -0.05) is 41.1 Å². The summed E-state index contributed by atoms with van der Waals surface area (Å²) in [6.07, 6.45) is 0. The van der Waals surface area contributed by atoms with Crippen molar-refractivity contribution >= 4 is 15.9 Å². The average molecular weight is 322 g/mol. The van der Waals surface area contributed by atoms with E-state index in [2.05, 4.69) is 40.3 Å². The lowest BCUT2D eigenvalue weighted by Gasteiger charge is -2.21. The lowest BCUT2D eigenvalue weighted by Crippen LogP contribution is -2.22. The van der Waals surface area contributed by atoms with E-state index in [0.717, 1.165) is 27.7 Å². The molecule has 3 heteroatoms. The minimum absolute atomic E-state index is 0.0220. The standard InChI is InChI=1S/C16H17BrFN/c1-3-19-16(12-5-7-13(17)8-6-12)15-10-14(18)9-4-11(15)2/h4-10,16,19H,3H2,1-2H3. The van der Waals surface area contributed by atoms with Gasteiger partial charge in [0.05, 0.1) is 6.04 Å². The van der Waals surface area contributed by atoms with Crippen LogP contribution >= 0.6 is 15.9 Å². The van der Waals surface area contributed by atoms with Gasteiger partial charge in [0, 0.05) is 4.47 Å². The monoisotopic (exact) mass is 321 g/mol. The molecule has 0 aliphatic heterocycles. The van der Waals surface area contributed by atoms with Crippen molar-refractivity contribution in [3.63, 3.8) is 0 Å². The third-order valence-electron chi connectivity index (χ3n) is 3.16. The number of benzene rings is 2. The Morgan fingerprint density at radius 3 is 2.47 bits per heavy atom. The Kier molecular flexibility index (Phi) is 4.72. The Labute approximate surface area is 122 Å². The van der Waals surface area contributed by atoms with E-state index in [0.29, 0.717) is 0 Å². The molecule has 100 valence electrons. The highest BCUT2D eigenvalue weighted by molar-refractivity contribution is 9.10. The van der Waals surface area contributed by atoms with E-state index in [1.807, 2.05) is 25.1 Å². The van der Waals surface area contributed by atoms with Crippen molar-refractivity contribution in [2.45, 2.75) is 19.9 Å². The van der Waals surface area contributed by atoms with Gasteiger partial charge in [-0.05, 0) is 54.4 Å². The number of nitrogens with one attached hydrogen (secondary N) is 1. The van der Waals surface area contributed by atoms with Crippen LogP contribution in [0.4, 0.5) is 4.39 Å². The lowest BCUT2D eigenvalue weighted by molar-refractivity contribution is 0.600. The van der Waals surface area contributed by atoms with Gasteiger partial charge in [0.15, 0.2) is 0 Å². The van der Waals surface area contributed by atoms with Crippen LogP contribution in [0.3, 0.4) is 0 Å². The summed E-state index contributed by atoms with van der Waals surface area (Å²) in [6, 6.07) is 13.1. The molecule has 1 unspecified atom stereocenters. The van der Waals surface area contributed by atoms with Crippen LogP contribution in [0.15, 0.2) is 46.9 Å². The molecule has 0 aromatic heterocycles. The van der Waals surface area contributed by atoms with E-state index >= 15 is 0 Å². The van der Waals surface area contributed by atoms with Crippen LogP contribution in [0.5, 0.6) is 0 Å². The largest absolute Gasteiger partial charge is 0.307 e. The minimum Gasteiger partial charge on any atom is -0.307 e. The van der Waals surface area contributed by atoms with Gasteiger partial charge >= 0.3 is 0 Å². The van der Waals surface area contributed by atoms with Gasteiger partial charge in [-0.15, -0.1) is 0 Å². The normalized spacial score (nSPS) is 12.4. The molecule has 19 heavy (non-hydrogen) atoms. The highest BCUT2D eigenvalue weighted by Gasteiger charge is 2.15. The first-order valence-electron chi connectivity index (χ1n) is 6.36. The highest BCUT2D eigenvalue weighted by atomic mass is 79.9. The van der Waals surface area contributed by atoms with Gasteiger partial charge in [-0.2, -0.15) is 0 Å². The van der Waals surface area contributed by atoms with E-state index in [-0.39, 0.29) is 11.9 Å². The SMILES string of the molecule is CCNC(c1ccc(Br)cc1)c1cc(F)ccc1C. The molecule has 0 heterocycles. The molecular formula is C16H17BrFN. The molecule has 2 rings (SSSR count). The van der Waals surface area contributed by atoms with E-state index in [1.165, 1.54) is 6.07 Å². The molecule has 2 aromatic rings. The zero-order valence-corrected chi connectivity index (χ0v) is 12.7. The minimum atomic E-state index is -0.194. The van der Waals surface area contributed by atoms with Crippen molar-refractivity contribution in [3.05, 3.63) is 69.4 Å². The molecule has 0 saturated heterocycles.